The van der Waals surface area contributed by atoms with Crippen molar-refractivity contribution < 1.29 is 27.5 Å². The predicted octanol–water partition coefficient (Wildman–Crippen LogP) is 1.33. The number of hydrogen-bond donors (Lipinski definition) is 1. The Morgan fingerprint density at radius 3 is 2.86 bits per heavy atom. The Hall–Kier alpha value is -2.19. The van der Waals surface area contributed by atoms with Crippen LogP contribution in [0.5, 0.6) is 0 Å². The van der Waals surface area contributed by atoms with Crippen molar-refractivity contribution in [1.82, 2.24) is 9.62 Å². The van der Waals surface area contributed by atoms with E-state index in [-0.39, 0.29) is 41.1 Å². The molecule has 0 spiro atoms. The number of rotatable bonds is 9. The number of carbonyl (C=O) groups is 2. The standard InChI is InChI=1S/C18H22ClN3O6S/c1-22(8-3-7-20)17(23)12-28-18(24)13-5-6-15(19)16(10-13)29(25,26)21-11-14-4-2-9-27-14/h5-6,10,14,21H,2-4,8-9,11-12H2,1H3. The zero-order valence-electron chi connectivity index (χ0n) is 15.9. The third-order valence-electron chi connectivity index (χ3n) is 4.29. The minimum Gasteiger partial charge on any atom is -0.452 e. The first-order valence-corrected chi connectivity index (χ1v) is 10.8. The highest BCUT2D eigenvalue weighted by atomic mass is 35.5. The van der Waals surface area contributed by atoms with Gasteiger partial charge in [0.1, 0.15) is 4.90 Å². The molecule has 9 nitrogen and oxygen atoms in total. The van der Waals surface area contributed by atoms with Gasteiger partial charge < -0.3 is 14.4 Å². The molecule has 11 heteroatoms. The van der Waals surface area contributed by atoms with Gasteiger partial charge in [0.15, 0.2) is 6.61 Å². The first-order chi connectivity index (χ1) is 13.7. The lowest BCUT2D eigenvalue weighted by molar-refractivity contribution is -0.133. The molecule has 0 aliphatic carbocycles. The number of amides is 1. The van der Waals surface area contributed by atoms with E-state index in [1.54, 1.807) is 0 Å². The Bertz CT molecular complexity index is 893. The molecular weight excluding hydrogens is 422 g/mol. The Balaban J connectivity index is 2.02. The molecule has 29 heavy (non-hydrogen) atoms. The number of likely N-dealkylation sites (N-methyl/N-ethyl adjacent to an activating group) is 1. The Morgan fingerprint density at radius 2 is 2.21 bits per heavy atom. The van der Waals surface area contributed by atoms with Crippen molar-refractivity contribution in [3.8, 4) is 6.07 Å². The van der Waals surface area contributed by atoms with Crippen molar-refractivity contribution in [3.05, 3.63) is 28.8 Å². The summed E-state index contributed by atoms with van der Waals surface area (Å²) in [5, 5.41) is 8.48. The number of sulfonamides is 1. The zero-order valence-corrected chi connectivity index (χ0v) is 17.5. The van der Waals surface area contributed by atoms with Gasteiger partial charge in [-0.05, 0) is 31.0 Å². The lowest BCUT2D eigenvalue weighted by atomic mass is 10.2. The van der Waals surface area contributed by atoms with Crippen LogP contribution >= 0.6 is 11.6 Å². The van der Waals surface area contributed by atoms with Crippen LogP contribution in [0.1, 0.15) is 29.6 Å². The molecule has 0 bridgehead atoms. The molecule has 1 unspecified atom stereocenters. The number of carbonyl (C=O) groups excluding carboxylic acids is 2. The highest BCUT2D eigenvalue weighted by Gasteiger charge is 2.24. The van der Waals surface area contributed by atoms with E-state index in [1.807, 2.05) is 6.07 Å². The van der Waals surface area contributed by atoms with E-state index in [9.17, 15) is 18.0 Å². The van der Waals surface area contributed by atoms with Gasteiger partial charge in [-0.1, -0.05) is 11.6 Å². The molecule has 0 aromatic heterocycles. The minimum absolute atomic E-state index is 0.0475. The average Bonchev–Trinajstić information content (AvgIpc) is 3.22. The van der Waals surface area contributed by atoms with Crippen LogP contribution in [-0.2, 0) is 24.3 Å². The van der Waals surface area contributed by atoms with Gasteiger partial charge in [0, 0.05) is 26.7 Å². The summed E-state index contributed by atoms with van der Waals surface area (Å²) in [6.45, 7) is 0.394. The summed E-state index contributed by atoms with van der Waals surface area (Å²) >= 11 is 6.01. The van der Waals surface area contributed by atoms with Crippen molar-refractivity contribution in [2.75, 3.05) is 33.4 Å². The van der Waals surface area contributed by atoms with Crippen molar-refractivity contribution in [3.63, 3.8) is 0 Å². The van der Waals surface area contributed by atoms with Crippen LogP contribution in [0.25, 0.3) is 0 Å². The Morgan fingerprint density at radius 1 is 1.45 bits per heavy atom. The van der Waals surface area contributed by atoms with Crippen LogP contribution in [0.15, 0.2) is 23.1 Å². The van der Waals surface area contributed by atoms with Gasteiger partial charge in [0.2, 0.25) is 10.0 Å². The summed E-state index contributed by atoms with van der Waals surface area (Å²) in [6, 6.07) is 5.61. The molecule has 1 aromatic carbocycles. The Labute approximate surface area is 174 Å². The molecule has 0 radical (unpaired) electrons. The number of hydrogen-bond acceptors (Lipinski definition) is 7. The molecule has 158 valence electrons. The lowest BCUT2D eigenvalue weighted by Crippen LogP contribution is -2.32. The smallest absolute Gasteiger partial charge is 0.338 e. The van der Waals surface area contributed by atoms with Crippen molar-refractivity contribution in [2.45, 2.75) is 30.3 Å². The van der Waals surface area contributed by atoms with Gasteiger partial charge in [-0.3, -0.25) is 4.79 Å². The fraction of sp³-hybridized carbons (Fsp3) is 0.500. The number of nitrogens with zero attached hydrogens (tertiary/aromatic N) is 2. The van der Waals surface area contributed by atoms with Gasteiger partial charge in [-0.15, -0.1) is 0 Å². The highest BCUT2D eigenvalue weighted by Crippen LogP contribution is 2.23. The maximum Gasteiger partial charge on any atom is 0.338 e. The third-order valence-corrected chi connectivity index (χ3v) is 6.20. The number of esters is 1. The van der Waals surface area contributed by atoms with Crippen LogP contribution in [-0.4, -0.2) is 64.6 Å². The summed E-state index contributed by atoms with van der Waals surface area (Å²) in [5.41, 5.74) is -0.0561. The zero-order chi connectivity index (χ0) is 21.4. The molecule has 1 aliphatic rings. The summed E-state index contributed by atoms with van der Waals surface area (Å²) in [6.07, 6.45) is 1.60. The monoisotopic (exact) mass is 443 g/mol. The molecule has 1 saturated heterocycles. The Kier molecular flexibility index (Phi) is 8.40. The SMILES string of the molecule is CN(CCC#N)C(=O)COC(=O)c1ccc(Cl)c(S(=O)(=O)NCC2CCCO2)c1. The number of benzene rings is 1. The summed E-state index contributed by atoms with van der Waals surface area (Å²) in [5.74, 6) is -1.34. The van der Waals surface area contributed by atoms with Crippen LogP contribution in [0.4, 0.5) is 0 Å². The quantitative estimate of drug-likeness (QED) is 0.570. The van der Waals surface area contributed by atoms with E-state index in [0.29, 0.717) is 6.61 Å². The molecule has 2 rings (SSSR count). The van der Waals surface area contributed by atoms with Gasteiger partial charge in [0.25, 0.3) is 5.91 Å². The van der Waals surface area contributed by atoms with Crippen molar-refractivity contribution in [1.29, 1.82) is 5.26 Å². The van der Waals surface area contributed by atoms with Crippen molar-refractivity contribution in [2.24, 2.45) is 0 Å². The van der Waals surface area contributed by atoms with E-state index in [4.69, 9.17) is 26.3 Å². The van der Waals surface area contributed by atoms with E-state index in [1.165, 1.54) is 24.1 Å². The predicted molar refractivity (Wildman–Crippen MR) is 104 cm³/mol. The molecule has 0 saturated carbocycles. The number of ether oxygens (including phenoxy) is 2. The van der Waals surface area contributed by atoms with E-state index in [0.717, 1.165) is 18.9 Å². The van der Waals surface area contributed by atoms with E-state index >= 15 is 0 Å². The van der Waals surface area contributed by atoms with Crippen LogP contribution in [0.2, 0.25) is 5.02 Å². The largest absolute Gasteiger partial charge is 0.452 e. The normalized spacial score (nSPS) is 16.2. The summed E-state index contributed by atoms with van der Waals surface area (Å²) in [4.78, 5) is 25.1. The van der Waals surface area contributed by atoms with Gasteiger partial charge in [-0.2, -0.15) is 5.26 Å². The number of nitriles is 1. The fourth-order valence-corrected chi connectivity index (χ4v) is 4.18. The molecule has 1 aromatic rings. The van der Waals surface area contributed by atoms with Crippen LogP contribution < -0.4 is 4.72 Å². The van der Waals surface area contributed by atoms with Crippen LogP contribution in [0, 0.1) is 11.3 Å². The maximum absolute atomic E-state index is 12.6. The lowest BCUT2D eigenvalue weighted by Gasteiger charge is -2.15. The molecule has 1 N–H and O–H groups in total. The summed E-state index contributed by atoms with van der Waals surface area (Å²) < 4.78 is 37.9. The van der Waals surface area contributed by atoms with Gasteiger partial charge >= 0.3 is 5.97 Å². The number of nitrogens with one attached hydrogen (secondary N) is 1. The molecular formula is C18H22ClN3O6S. The molecule has 1 heterocycles. The topological polar surface area (TPSA) is 126 Å². The second kappa shape index (κ2) is 10.5. The molecule has 1 atom stereocenters. The van der Waals surface area contributed by atoms with Gasteiger partial charge in [0.05, 0.1) is 29.2 Å². The highest BCUT2D eigenvalue weighted by molar-refractivity contribution is 7.89. The minimum atomic E-state index is -3.96. The molecule has 1 fully saturated rings. The molecule has 1 aliphatic heterocycles. The first kappa shape index (κ1) is 23.1. The third kappa shape index (κ3) is 6.68. The first-order valence-electron chi connectivity index (χ1n) is 8.93. The van der Waals surface area contributed by atoms with E-state index in [2.05, 4.69) is 4.72 Å². The second-order valence-corrected chi connectivity index (χ2v) is 8.57. The van der Waals surface area contributed by atoms with Crippen molar-refractivity contribution >= 4 is 33.5 Å². The van der Waals surface area contributed by atoms with Gasteiger partial charge in [-0.25, -0.2) is 17.9 Å². The number of halogens is 1. The maximum atomic E-state index is 12.6. The van der Waals surface area contributed by atoms with Crippen LogP contribution in [0.3, 0.4) is 0 Å². The average molecular weight is 444 g/mol. The molecule has 1 amide bonds. The second-order valence-electron chi connectivity index (χ2n) is 6.43. The van der Waals surface area contributed by atoms with E-state index < -0.39 is 28.5 Å². The fourth-order valence-electron chi connectivity index (χ4n) is 2.59. The summed E-state index contributed by atoms with van der Waals surface area (Å²) in [7, 11) is -2.48.